The number of fused-ring (bicyclic) bond motifs is 1. The Balaban J connectivity index is 1.98. The van der Waals surface area contributed by atoms with E-state index in [9.17, 15) is 0 Å². The highest BCUT2D eigenvalue weighted by atomic mass is 16.5. The molecule has 1 heterocycles. The van der Waals surface area contributed by atoms with E-state index in [-0.39, 0.29) is 0 Å². The van der Waals surface area contributed by atoms with Gasteiger partial charge in [-0.2, -0.15) is 0 Å². The standard InChI is InChI=1S/C25H32N2O3/c1-5-27(6-2)16-8-15-26-23-18-25(19-9-11-20(28-4)12-10-19)30-24-14-13-21(29-7-3)17-22(23)24/h9-14,17-18H,5-8,15-16H2,1-4H3/p+1. The summed E-state index contributed by atoms with van der Waals surface area (Å²) in [7, 11) is 1.67. The molecule has 0 saturated carbocycles. The molecule has 3 aromatic rings. The molecule has 5 nitrogen and oxygen atoms in total. The van der Waals surface area contributed by atoms with Crippen LogP contribution in [0.1, 0.15) is 27.2 Å². The number of hydrogen-bond acceptors (Lipinski definition) is 4. The Labute approximate surface area is 179 Å². The molecule has 160 valence electrons. The van der Waals surface area contributed by atoms with Gasteiger partial charge in [-0.1, -0.05) is 0 Å². The largest absolute Gasteiger partial charge is 0.497 e. The van der Waals surface area contributed by atoms with Gasteiger partial charge in [0, 0.05) is 30.0 Å². The van der Waals surface area contributed by atoms with Crippen LogP contribution in [-0.4, -0.2) is 39.9 Å². The zero-order chi connectivity index (χ0) is 21.3. The normalized spacial score (nSPS) is 12.0. The number of quaternary nitrogens is 1. The Morgan fingerprint density at radius 2 is 1.67 bits per heavy atom. The van der Waals surface area contributed by atoms with Crippen LogP contribution < -0.4 is 19.7 Å². The molecule has 0 saturated heterocycles. The highest BCUT2D eigenvalue weighted by Crippen LogP contribution is 2.26. The molecule has 0 fully saturated rings. The first-order valence-electron chi connectivity index (χ1n) is 10.9. The van der Waals surface area contributed by atoms with Crippen LogP contribution >= 0.6 is 0 Å². The van der Waals surface area contributed by atoms with Crippen LogP contribution in [0.25, 0.3) is 22.3 Å². The first-order valence-corrected chi connectivity index (χ1v) is 10.9. The fourth-order valence-electron chi connectivity index (χ4n) is 3.57. The van der Waals surface area contributed by atoms with Gasteiger partial charge in [-0.15, -0.1) is 0 Å². The lowest BCUT2D eigenvalue weighted by Gasteiger charge is -2.14. The van der Waals surface area contributed by atoms with Crippen molar-refractivity contribution in [2.45, 2.75) is 27.2 Å². The van der Waals surface area contributed by atoms with Crippen LogP contribution in [0, 0.1) is 0 Å². The van der Waals surface area contributed by atoms with Gasteiger partial charge in [-0.3, -0.25) is 4.99 Å². The number of benzene rings is 2. The first-order chi connectivity index (χ1) is 14.7. The highest BCUT2D eigenvalue weighted by Gasteiger charge is 2.08. The summed E-state index contributed by atoms with van der Waals surface area (Å²) >= 11 is 0. The zero-order valence-electron chi connectivity index (χ0n) is 18.5. The fraction of sp³-hybridized carbons (Fsp3) is 0.400. The van der Waals surface area contributed by atoms with Crippen molar-refractivity contribution < 1.29 is 18.8 Å². The minimum absolute atomic E-state index is 0.631. The fourth-order valence-corrected chi connectivity index (χ4v) is 3.57. The molecule has 0 radical (unpaired) electrons. The average Bonchev–Trinajstić information content (AvgIpc) is 2.79. The number of methoxy groups -OCH3 is 1. The van der Waals surface area contributed by atoms with Crippen molar-refractivity contribution in [1.82, 2.24) is 0 Å². The van der Waals surface area contributed by atoms with Gasteiger partial charge in [-0.05, 0) is 63.2 Å². The SMILES string of the molecule is CCOc1ccc2oc(-c3ccc(OC)cc3)cc(=NCCC[NH+](CC)CC)c2c1. The summed E-state index contributed by atoms with van der Waals surface area (Å²) in [5.41, 5.74) is 1.80. The van der Waals surface area contributed by atoms with Crippen molar-refractivity contribution in [3.05, 3.63) is 53.9 Å². The van der Waals surface area contributed by atoms with Gasteiger partial charge in [0.05, 0.1) is 38.7 Å². The Bertz CT molecular complexity index is 1010. The molecule has 2 aromatic carbocycles. The highest BCUT2D eigenvalue weighted by molar-refractivity contribution is 5.80. The zero-order valence-corrected chi connectivity index (χ0v) is 18.5. The van der Waals surface area contributed by atoms with Gasteiger partial charge in [-0.25, -0.2) is 0 Å². The van der Waals surface area contributed by atoms with E-state index in [2.05, 4.69) is 13.8 Å². The Morgan fingerprint density at radius 3 is 2.33 bits per heavy atom. The van der Waals surface area contributed by atoms with Crippen molar-refractivity contribution in [3.8, 4) is 22.8 Å². The maximum atomic E-state index is 6.21. The summed E-state index contributed by atoms with van der Waals surface area (Å²) in [6.07, 6.45) is 1.06. The predicted octanol–water partition coefficient (Wildman–Crippen LogP) is 3.72. The quantitative estimate of drug-likeness (QED) is 0.519. The lowest BCUT2D eigenvalue weighted by atomic mass is 10.1. The maximum absolute atomic E-state index is 6.21. The molecule has 30 heavy (non-hydrogen) atoms. The molecular formula is C25H33N2O3+. The topological polar surface area (TPSA) is 48.4 Å². The molecule has 0 unspecified atom stereocenters. The van der Waals surface area contributed by atoms with E-state index in [0.717, 1.165) is 71.7 Å². The monoisotopic (exact) mass is 409 g/mol. The van der Waals surface area contributed by atoms with E-state index in [4.69, 9.17) is 18.9 Å². The summed E-state index contributed by atoms with van der Waals surface area (Å²) in [6, 6.07) is 15.9. The lowest BCUT2D eigenvalue weighted by molar-refractivity contribution is -0.896. The second-order valence-corrected chi connectivity index (χ2v) is 7.26. The molecule has 0 atom stereocenters. The third kappa shape index (κ3) is 5.42. The molecule has 0 aliphatic heterocycles. The van der Waals surface area contributed by atoms with Gasteiger partial charge < -0.3 is 18.8 Å². The van der Waals surface area contributed by atoms with Gasteiger partial charge in [0.15, 0.2) is 0 Å². The molecule has 0 bridgehead atoms. The number of nitrogens with one attached hydrogen (secondary N) is 1. The Morgan fingerprint density at radius 1 is 0.933 bits per heavy atom. The van der Waals surface area contributed by atoms with Crippen LogP contribution in [0.5, 0.6) is 11.5 Å². The predicted molar refractivity (Wildman–Crippen MR) is 121 cm³/mol. The second kappa shape index (κ2) is 10.8. The number of nitrogens with zero attached hydrogens (tertiary/aromatic N) is 1. The minimum Gasteiger partial charge on any atom is -0.497 e. The Kier molecular flexibility index (Phi) is 7.91. The number of rotatable bonds is 10. The molecule has 0 aliphatic carbocycles. The van der Waals surface area contributed by atoms with Crippen LogP contribution in [0.3, 0.4) is 0 Å². The lowest BCUT2D eigenvalue weighted by Crippen LogP contribution is -3.11. The van der Waals surface area contributed by atoms with E-state index >= 15 is 0 Å². The van der Waals surface area contributed by atoms with Crippen LogP contribution in [0.2, 0.25) is 0 Å². The molecular weight excluding hydrogens is 376 g/mol. The smallest absolute Gasteiger partial charge is 0.137 e. The maximum Gasteiger partial charge on any atom is 0.137 e. The molecule has 5 heteroatoms. The molecule has 1 N–H and O–H groups in total. The van der Waals surface area contributed by atoms with Crippen molar-refractivity contribution in [1.29, 1.82) is 0 Å². The van der Waals surface area contributed by atoms with Crippen molar-refractivity contribution in [2.75, 3.05) is 39.9 Å². The third-order valence-electron chi connectivity index (χ3n) is 5.37. The van der Waals surface area contributed by atoms with E-state index < -0.39 is 0 Å². The van der Waals surface area contributed by atoms with Crippen molar-refractivity contribution >= 4 is 11.0 Å². The van der Waals surface area contributed by atoms with Gasteiger partial charge in [0.2, 0.25) is 0 Å². The minimum atomic E-state index is 0.631. The van der Waals surface area contributed by atoms with E-state index in [1.807, 2.05) is 55.5 Å². The van der Waals surface area contributed by atoms with Gasteiger partial charge in [0.1, 0.15) is 22.8 Å². The first kappa shape index (κ1) is 21.9. The number of ether oxygens (including phenoxy) is 2. The van der Waals surface area contributed by atoms with Crippen LogP contribution in [-0.2, 0) is 0 Å². The third-order valence-corrected chi connectivity index (χ3v) is 5.37. The van der Waals surface area contributed by atoms with E-state index in [1.54, 1.807) is 12.0 Å². The van der Waals surface area contributed by atoms with Crippen LogP contribution in [0.4, 0.5) is 0 Å². The second-order valence-electron chi connectivity index (χ2n) is 7.26. The van der Waals surface area contributed by atoms with E-state index in [0.29, 0.717) is 6.61 Å². The van der Waals surface area contributed by atoms with Gasteiger partial charge >= 0.3 is 0 Å². The summed E-state index contributed by atoms with van der Waals surface area (Å²) in [5.74, 6) is 2.45. The molecule has 0 amide bonds. The molecule has 0 spiro atoms. The average molecular weight is 410 g/mol. The van der Waals surface area contributed by atoms with Crippen molar-refractivity contribution in [2.24, 2.45) is 4.99 Å². The van der Waals surface area contributed by atoms with Crippen molar-refractivity contribution in [3.63, 3.8) is 0 Å². The Hall–Kier alpha value is -2.79. The number of hydrogen-bond donors (Lipinski definition) is 1. The summed E-state index contributed by atoms with van der Waals surface area (Å²) in [5, 5.41) is 1.92. The molecule has 1 aromatic heterocycles. The van der Waals surface area contributed by atoms with Crippen LogP contribution in [0.15, 0.2) is 57.9 Å². The summed E-state index contributed by atoms with van der Waals surface area (Å²) in [6.45, 7) is 11.3. The molecule has 0 aliphatic rings. The molecule has 3 rings (SSSR count). The van der Waals surface area contributed by atoms with Gasteiger partial charge in [0.25, 0.3) is 0 Å². The van der Waals surface area contributed by atoms with E-state index in [1.165, 1.54) is 0 Å². The summed E-state index contributed by atoms with van der Waals surface area (Å²) in [4.78, 5) is 6.55. The summed E-state index contributed by atoms with van der Waals surface area (Å²) < 4.78 is 17.2.